The molecule has 3 aromatic rings. The fourth-order valence-electron chi connectivity index (χ4n) is 2.52. The zero-order chi connectivity index (χ0) is 16.8. The molecular formula is C21H21BrS. The number of allylic oxidation sites excluding steroid dienone is 5. The number of benzene rings is 2. The summed E-state index contributed by atoms with van der Waals surface area (Å²) in [6, 6.07) is 15.1. The van der Waals surface area contributed by atoms with Crippen LogP contribution >= 0.6 is 27.3 Å². The molecule has 0 amide bonds. The van der Waals surface area contributed by atoms with Gasteiger partial charge in [0.05, 0.1) is 0 Å². The first-order valence-electron chi connectivity index (χ1n) is 7.80. The summed E-state index contributed by atoms with van der Waals surface area (Å²) in [4.78, 5) is 0. The summed E-state index contributed by atoms with van der Waals surface area (Å²) in [7, 11) is 0. The highest BCUT2D eigenvalue weighted by atomic mass is 79.9. The molecule has 0 aliphatic rings. The molecule has 0 aliphatic carbocycles. The number of hydrogen-bond acceptors (Lipinski definition) is 1. The number of rotatable bonds is 3. The molecule has 0 unspecified atom stereocenters. The third-order valence-corrected chi connectivity index (χ3v) is 5.00. The molecule has 0 saturated heterocycles. The van der Waals surface area contributed by atoms with Gasteiger partial charge in [-0.15, -0.1) is 11.3 Å². The molecule has 2 aromatic carbocycles. The summed E-state index contributed by atoms with van der Waals surface area (Å²) in [5, 5.41) is 2.63. The van der Waals surface area contributed by atoms with E-state index in [1.807, 2.05) is 38.2 Å². The van der Waals surface area contributed by atoms with Crippen molar-refractivity contribution in [3.05, 3.63) is 77.3 Å². The second-order valence-corrected chi connectivity index (χ2v) is 6.83. The Morgan fingerprint density at radius 1 is 1.04 bits per heavy atom. The maximum atomic E-state index is 4.07. The van der Waals surface area contributed by atoms with Gasteiger partial charge in [-0.2, -0.15) is 0 Å². The van der Waals surface area contributed by atoms with E-state index in [1.165, 1.54) is 25.7 Å². The van der Waals surface area contributed by atoms with Gasteiger partial charge >= 0.3 is 0 Å². The summed E-state index contributed by atoms with van der Waals surface area (Å²) < 4.78 is 3.54. The molecule has 0 saturated carbocycles. The van der Waals surface area contributed by atoms with Crippen molar-refractivity contribution in [3.63, 3.8) is 0 Å². The second kappa shape index (κ2) is 8.28. The maximum absolute atomic E-state index is 4.07. The normalized spacial score (nSPS) is 11.7. The van der Waals surface area contributed by atoms with Crippen molar-refractivity contribution in [2.75, 3.05) is 0 Å². The van der Waals surface area contributed by atoms with Crippen molar-refractivity contribution < 1.29 is 0 Å². The highest BCUT2D eigenvalue weighted by Crippen LogP contribution is 2.40. The van der Waals surface area contributed by atoms with Gasteiger partial charge in [-0.25, -0.2) is 0 Å². The summed E-state index contributed by atoms with van der Waals surface area (Å²) in [5.41, 5.74) is 2.35. The van der Waals surface area contributed by atoms with Crippen LogP contribution in [0.25, 0.3) is 25.7 Å². The summed E-state index contributed by atoms with van der Waals surface area (Å²) in [5.74, 6) is 0. The van der Waals surface area contributed by atoms with E-state index in [4.69, 9.17) is 0 Å². The van der Waals surface area contributed by atoms with Crippen molar-refractivity contribution in [3.8, 4) is 0 Å². The Bertz CT molecular complexity index is 881. The molecule has 0 aliphatic heterocycles. The quantitative estimate of drug-likeness (QED) is 0.401. The molecule has 0 spiro atoms. The molecule has 23 heavy (non-hydrogen) atoms. The van der Waals surface area contributed by atoms with E-state index >= 15 is 0 Å². The lowest BCUT2D eigenvalue weighted by Gasteiger charge is -2.08. The van der Waals surface area contributed by atoms with E-state index in [1.54, 1.807) is 0 Å². The largest absolute Gasteiger partial charge is 0.135 e. The predicted octanol–water partition coefficient (Wildman–Crippen LogP) is 7.95. The highest BCUT2D eigenvalue weighted by molar-refractivity contribution is 9.12. The Labute approximate surface area is 151 Å². The van der Waals surface area contributed by atoms with Crippen LogP contribution in [-0.4, -0.2) is 0 Å². The summed E-state index contributed by atoms with van der Waals surface area (Å²) in [6.45, 7) is 10.1. The van der Waals surface area contributed by atoms with Gasteiger partial charge in [0.15, 0.2) is 0 Å². The summed E-state index contributed by atoms with van der Waals surface area (Å²) >= 11 is 5.39. The van der Waals surface area contributed by atoms with E-state index in [0.717, 1.165) is 10.1 Å². The summed E-state index contributed by atoms with van der Waals surface area (Å²) in [6.07, 6.45) is 6.19. The first kappa shape index (κ1) is 17.7. The molecule has 0 nitrogen and oxygen atoms in total. The zero-order valence-corrected chi connectivity index (χ0v) is 16.2. The fourth-order valence-corrected chi connectivity index (χ4v) is 4.00. The smallest absolute Gasteiger partial charge is 0.0361 e. The molecule has 2 heteroatoms. The third-order valence-electron chi connectivity index (χ3n) is 3.44. The maximum Gasteiger partial charge on any atom is 0.0361 e. The Balaban J connectivity index is 0.000000924. The van der Waals surface area contributed by atoms with E-state index in [2.05, 4.69) is 77.1 Å². The van der Waals surface area contributed by atoms with Crippen LogP contribution in [0.4, 0.5) is 0 Å². The van der Waals surface area contributed by atoms with Crippen molar-refractivity contribution in [2.24, 2.45) is 0 Å². The molecule has 3 rings (SSSR count). The van der Waals surface area contributed by atoms with Crippen LogP contribution in [0.2, 0.25) is 0 Å². The highest BCUT2D eigenvalue weighted by Gasteiger charge is 2.12. The van der Waals surface area contributed by atoms with Crippen LogP contribution in [0.1, 0.15) is 26.3 Å². The minimum atomic E-state index is 0.906. The van der Waals surface area contributed by atoms with Gasteiger partial charge in [0.1, 0.15) is 0 Å². The van der Waals surface area contributed by atoms with E-state index in [9.17, 15) is 0 Å². The van der Waals surface area contributed by atoms with Gasteiger partial charge in [0, 0.05) is 24.7 Å². The number of halogens is 1. The topological polar surface area (TPSA) is 0 Å². The van der Waals surface area contributed by atoms with Gasteiger partial charge in [-0.1, -0.05) is 84.9 Å². The van der Waals surface area contributed by atoms with E-state index in [-0.39, 0.29) is 0 Å². The minimum Gasteiger partial charge on any atom is -0.135 e. The lowest BCUT2D eigenvalue weighted by molar-refractivity contribution is 1.50. The first-order valence-corrected chi connectivity index (χ1v) is 9.41. The fraction of sp³-hybridized carbons (Fsp3) is 0.143. The Hall–Kier alpha value is -1.64. The van der Waals surface area contributed by atoms with Crippen LogP contribution in [0.3, 0.4) is 0 Å². The predicted molar refractivity (Wildman–Crippen MR) is 112 cm³/mol. The Kier molecular flexibility index (Phi) is 6.37. The van der Waals surface area contributed by atoms with Crippen molar-refractivity contribution in [1.29, 1.82) is 0 Å². The average Bonchev–Trinajstić information content (AvgIpc) is 2.96. The average molecular weight is 385 g/mol. The molecule has 0 atom stereocenters. The standard InChI is InChI=1S/C19H15BrS.C2H6/c1-3-4-8-14(13(2)20)15-10-7-12-18-19(15)16-9-5-6-11-17(16)21-18;1-2/h3-12H,2H2,1H3;1-2H3/b4-3-,14-8+;. The molecule has 0 bridgehead atoms. The molecule has 0 radical (unpaired) electrons. The molecular weight excluding hydrogens is 364 g/mol. The minimum absolute atomic E-state index is 0.906. The monoisotopic (exact) mass is 384 g/mol. The molecule has 118 valence electrons. The van der Waals surface area contributed by atoms with Crippen molar-refractivity contribution in [2.45, 2.75) is 20.8 Å². The lowest BCUT2D eigenvalue weighted by atomic mass is 9.99. The van der Waals surface area contributed by atoms with Gasteiger partial charge in [-0.05, 0) is 30.2 Å². The van der Waals surface area contributed by atoms with E-state index in [0.29, 0.717) is 0 Å². The van der Waals surface area contributed by atoms with Crippen LogP contribution in [0.5, 0.6) is 0 Å². The first-order chi connectivity index (χ1) is 11.2. The number of hydrogen-bond donors (Lipinski definition) is 0. The SMILES string of the molecule is C=C(Br)/C(=C\C=C/C)c1cccc2sc3ccccc3c12.CC. The van der Waals surface area contributed by atoms with Crippen LogP contribution < -0.4 is 0 Å². The van der Waals surface area contributed by atoms with Gasteiger partial charge in [0.25, 0.3) is 0 Å². The van der Waals surface area contributed by atoms with Gasteiger partial charge in [-0.3, -0.25) is 0 Å². The van der Waals surface area contributed by atoms with Crippen LogP contribution in [-0.2, 0) is 0 Å². The lowest BCUT2D eigenvalue weighted by Crippen LogP contribution is -1.85. The van der Waals surface area contributed by atoms with Gasteiger partial charge < -0.3 is 0 Å². The van der Waals surface area contributed by atoms with E-state index < -0.39 is 0 Å². The van der Waals surface area contributed by atoms with Crippen LogP contribution in [0, 0.1) is 0 Å². The third kappa shape index (κ3) is 3.65. The molecule has 0 N–H and O–H groups in total. The molecule has 1 heterocycles. The van der Waals surface area contributed by atoms with Gasteiger partial charge in [0.2, 0.25) is 0 Å². The second-order valence-electron chi connectivity index (χ2n) is 4.79. The van der Waals surface area contributed by atoms with Crippen molar-refractivity contribution >= 4 is 53.0 Å². The van der Waals surface area contributed by atoms with Crippen molar-refractivity contribution in [1.82, 2.24) is 0 Å². The molecule has 0 fully saturated rings. The number of fused-ring (bicyclic) bond motifs is 3. The Morgan fingerprint density at radius 3 is 2.43 bits per heavy atom. The van der Waals surface area contributed by atoms with Crippen LogP contribution in [0.15, 0.2) is 71.8 Å². The molecule has 1 aromatic heterocycles. The zero-order valence-electron chi connectivity index (χ0n) is 13.8. The Morgan fingerprint density at radius 2 is 1.74 bits per heavy atom. The number of thiophene rings is 1.